The van der Waals surface area contributed by atoms with Gasteiger partial charge in [0.2, 0.25) is 0 Å². The van der Waals surface area contributed by atoms with Crippen LogP contribution in [0, 0.1) is 13.8 Å². The van der Waals surface area contributed by atoms with Crippen LogP contribution in [0.25, 0.3) is 0 Å². The standard InChI is InChI=1S/C13H16N4S2/c1-7-6-8(2)16-12(10(7)11(14)18)17-9(3)13-15-4-5-19-13/h4-6,9H,1-3H3,(H2,14,18)(H,16,17). The van der Waals surface area contributed by atoms with Gasteiger partial charge in [-0.3, -0.25) is 0 Å². The fourth-order valence-electron chi connectivity index (χ4n) is 1.97. The van der Waals surface area contributed by atoms with E-state index in [1.807, 2.05) is 32.2 Å². The van der Waals surface area contributed by atoms with Gasteiger partial charge in [-0.1, -0.05) is 12.2 Å². The molecule has 0 saturated heterocycles. The molecule has 3 N–H and O–H groups in total. The summed E-state index contributed by atoms with van der Waals surface area (Å²) in [5.74, 6) is 0.729. The minimum Gasteiger partial charge on any atom is -0.389 e. The zero-order valence-corrected chi connectivity index (χ0v) is 12.7. The van der Waals surface area contributed by atoms with Crippen molar-refractivity contribution in [1.82, 2.24) is 9.97 Å². The summed E-state index contributed by atoms with van der Waals surface area (Å²) in [6, 6.07) is 2.05. The van der Waals surface area contributed by atoms with Crippen LogP contribution in [0.5, 0.6) is 0 Å². The maximum absolute atomic E-state index is 5.80. The summed E-state index contributed by atoms with van der Waals surface area (Å²) >= 11 is 6.73. The van der Waals surface area contributed by atoms with Gasteiger partial charge in [0, 0.05) is 17.3 Å². The van der Waals surface area contributed by atoms with E-state index in [2.05, 4.69) is 15.3 Å². The van der Waals surface area contributed by atoms with Crippen LogP contribution in [0.2, 0.25) is 0 Å². The van der Waals surface area contributed by atoms with Crippen LogP contribution >= 0.6 is 23.6 Å². The number of thiazole rings is 1. The first-order chi connectivity index (χ1) is 8.99. The van der Waals surface area contributed by atoms with Crippen molar-refractivity contribution in [1.29, 1.82) is 0 Å². The van der Waals surface area contributed by atoms with E-state index in [1.165, 1.54) is 0 Å². The molecule has 2 aromatic rings. The van der Waals surface area contributed by atoms with Crippen molar-refractivity contribution in [3.63, 3.8) is 0 Å². The molecule has 0 bridgehead atoms. The quantitative estimate of drug-likeness (QED) is 0.848. The summed E-state index contributed by atoms with van der Waals surface area (Å²) in [6.45, 7) is 5.99. The Morgan fingerprint density at radius 1 is 1.47 bits per heavy atom. The second-order valence-electron chi connectivity index (χ2n) is 4.40. The molecule has 0 aromatic carbocycles. The van der Waals surface area contributed by atoms with Gasteiger partial charge < -0.3 is 11.1 Å². The first kappa shape index (κ1) is 13.9. The Morgan fingerprint density at radius 3 is 2.79 bits per heavy atom. The molecule has 0 aliphatic carbocycles. The lowest BCUT2D eigenvalue weighted by atomic mass is 10.1. The molecule has 1 unspecified atom stereocenters. The Labute approximate surface area is 122 Å². The topological polar surface area (TPSA) is 63.8 Å². The molecule has 2 aromatic heterocycles. The molecule has 19 heavy (non-hydrogen) atoms. The molecule has 1 atom stereocenters. The summed E-state index contributed by atoms with van der Waals surface area (Å²) in [6.07, 6.45) is 1.79. The van der Waals surface area contributed by atoms with Crippen LogP contribution in [0.15, 0.2) is 17.6 Å². The normalized spacial score (nSPS) is 12.2. The molecule has 0 spiro atoms. The van der Waals surface area contributed by atoms with E-state index < -0.39 is 0 Å². The van der Waals surface area contributed by atoms with Gasteiger partial charge in [0.1, 0.15) is 15.8 Å². The molecule has 0 aliphatic heterocycles. The zero-order valence-electron chi connectivity index (χ0n) is 11.1. The van der Waals surface area contributed by atoms with E-state index in [4.69, 9.17) is 18.0 Å². The van der Waals surface area contributed by atoms with E-state index in [1.54, 1.807) is 17.5 Å². The number of anilines is 1. The highest BCUT2D eigenvalue weighted by Gasteiger charge is 2.15. The first-order valence-electron chi connectivity index (χ1n) is 5.93. The molecule has 2 rings (SSSR count). The minimum atomic E-state index is 0.0711. The zero-order chi connectivity index (χ0) is 14.0. The van der Waals surface area contributed by atoms with Crippen molar-refractivity contribution in [2.24, 2.45) is 5.73 Å². The predicted octanol–water partition coefficient (Wildman–Crippen LogP) is 2.96. The Bertz CT molecular complexity index is 593. The highest BCUT2D eigenvalue weighted by molar-refractivity contribution is 7.80. The number of rotatable bonds is 4. The number of pyridine rings is 1. The molecule has 2 heterocycles. The third-order valence-corrected chi connectivity index (χ3v) is 3.93. The van der Waals surface area contributed by atoms with Gasteiger partial charge in [-0.2, -0.15) is 0 Å². The van der Waals surface area contributed by atoms with E-state index in [-0.39, 0.29) is 6.04 Å². The van der Waals surface area contributed by atoms with E-state index in [9.17, 15) is 0 Å². The minimum absolute atomic E-state index is 0.0711. The van der Waals surface area contributed by atoms with Crippen LogP contribution in [0.3, 0.4) is 0 Å². The molecule has 100 valence electrons. The number of nitrogens with zero attached hydrogens (tertiary/aromatic N) is 2. The monoisotopic (exact) mass is 292 g/mol. The maximum Gasteiger partial charge on any atom is 0.137 e. The Morgan fingerprint density at radius 2 is 2.21 bits per heavy atom. The number of nitrogens with one attached hydrogen (secondary N) is 1. The van der Waals surface area contributed by atoms with Crippen LogP contribution in [0.1, 0.15) is 34.8 Å². The average molecular weight is 292 g/mol. The van der Waals surface area contributed by atoms with Gasteiger partial charge in [-0.25, -0.2) is 9.97 Å². The second-order valence-corrected chi connectivity index (χ2v) is 5.77. The van der Waals surface area contributed by atoms with Crippen molar-refractivity contribution >= 4 is 34.4 Å². The van der Waals surface area contributed by atoms with Crippen molar-refractivity contribution in [2.45, 2.75) is 26.8 Å². The smallest absolute Gasteiger partial charge is 0.137 e. The molecule has 4 nitrogen and oxygen atoms in total. The lowest BCUT2D eigenvalue weighted by Gasteiger charge is -2.17. The Kier molecular flexibility index (Phi) is 4.11. The SMILES string of the molecule is Cc1cc(C)c(C(N)=S)c(NC(C)c2nccs2)n1. The van der Waals surface area contributed by atoms with Gasteiger partial charge in [0.15, 0.2) is 0 Å². The summed E-state index contributed by atoms with van der Waals surface area (Å²) in [5, 5.41) is 6.31. The fraction of sp³-hybridized carbons (Fsp3) is 0.308. The van der Waals surface area contributed by atoms with Crippen molar-refractivity contribution in [3.05, 3.63) is 39.5 Å². The number of aryl methyl sites for hydroxylation is 2. The molecular formula is C13H16N4S2. The fourth-order valence-corrected chi connectivity index (χ4v) is 2.87. The van der Waals surface area contributed by atoms with Gasteiger partial charge in [0.25, 0.3) is 0 Å². The Balaban J connectivity index is 2.36. The summed E-state index contributed by atoms with van der Waals surface area (Å²) in [5.41, 5.74) is 8.58. The van der Waals surface area contributed by atoms with Crippen LogP contribution in [0.4, 0.5) is 5.82 Å². The molecular weight excluding hydrogens is 276 g/mol. The molecule has 0 fully saturated rings. The summed E-state index contributed by atoms with van der Waals surface area (Å²) in [7, 11) is 0. The molecule has 0 amide bonds. The van der Waals surface area contributed by atoms with Crippen molar-refractivity contribution < 1.29 is 0 Å². The average Bonchev–Trinajstić information content (AvgIpc) is 2.80. The van der Waals surface area contributed by atoms with Gasteiger partial charge in [0.05, 0.1) is 11.6 Å². The highest BCUT2D eigenvalue weighted by atomic mass is 32.1. The largest absolute Gasteiger partial charge is 0.389 e. The molecule has 6 heteroatoms. The molecule has 0 aliphatic rings. The first-order valence-corrected chi connectivity index (χ1v) is 7.21. The number of aromatic nitrogens is 2. The third-order valence-electron chi connectivity index (χ3n) is 2.77. The van der Waals surface area contributed by atoms with Gasteiger partial charge >= 0.3 is 0 Å². The van der Waals surface area contributed by atoms with Gasteiger partial charge in [-0.05, 0) is 32.4 Å². The number of hydrogen-bond donors (Lipinski definition) is 2. The summed E-state index contributed by atoms with van der Waals surface area (Å²) < 4.78 is 0. The number of thiocarbonyl (C=S) groups is 1. The highest BCUT2D eigenvalue weighted by Crippen LogP contribution is 2.24. The van der Waals surface area contributed by atoms with Crippen molar-refractivity contribution in [2.75, 3.05) is 5.32 Å². The maximum atomic E-state index is 5.80. The third kappa shape index (κ3) is 3.08. The lowest BCUT2D eigenvalue weighted by molar-refractivity contribution is 0.857. The summed E-state index contributed by atoms with van der Waals surface area (Å²) in [4.78, 5) is 9.16. The molecule has 0 saturated carbocycles. The predicted molar refractivity (Wildman–Crippen MR) is 83.8 cm³/mol. The van der Waals surface area contributed by atoms with Crippen molar-refractivity contribution in [3.8, 4) is 0 Å². The van der Waals surface area contributed by atoms with E-state index >= 15 is 0 Å². The number of hydrogen-bond acceptors (Lipinski definition) is 5. The second kappa shape index (κ2) is 5.63. The number of nitrogens with two attached hydrogens (primary N) is 1. The van der Waals surface area contributed by atoms with Crippen LogP contribution in [-0.4, -0.2) is 15.0 Å². The lowest BCUT2D eigenvalue weighted by Crippen LogP contribution is -2.18. The van der Waals surface area contributed by atoms with E-state index in [0.717, 1.165) is 27.6 Å². The van der Waals surface area contributed by atoms with Crippen LogP contribution < -0.4 is 11.1 Å². The van der Waals surface area contributed by atoms with E-state index in [0.29, 0.717) is 4.99 Å². The van der Waals surface area contributed by atoms with Gasteiger partial charge in [-0.15, -0.1) is 11.3 Å². The Hall–Kier alpha value is -1.53. The van der Waals surface area contributed by atoms with Crippen LogP contribution in [-0.2, 0) is 0 Å². The molecule has 0 radical (unpaired) electrons.